The largest absolute Gasteiger partial charge is 0.346 e. The lowest BCUT2D eigenvalue weighted by Gasteiger charge is -2.24. The Morgan fingerprint density at radius 2 is 1.38 bits per heavy atom. The third-order valence-electron chi connectivity index (χ3n) is 3.99. The van der Waals surface area contributed by atoms with Gasteiger partial charge in [-0.2, -0.15) is 4.99 Å². The smallest absolute Gasteiger partial charge is 0.345 e. The molecule has 0 unspecified atom stereocenters. The first kappa shape index (κ1) is 16.6. The SMILES string of the molecule is CSC1=NC(=O)N(Cc2ccccc2)CCN1Cc1ccccc1. The lowest BCUT2D eigenvalue weighted by molar-refractivity contribution is 0.204. The minimum absolute atomic E-state index is 0.154. The normalized spacial score (nSPS) is 15.2. The molecule has 1 heterocycles. The van der Waals surface area contributed by atoms with Crippen LogP contribution in [0.3, 0.4) is 0 Å². The van der Waals surface area contributed by atoms with Crippen molar-refractivity contribution in [3.8, 4) is 0 Å². The fourth-order valence-electron chi connectivity index (χ4n) is 2.73. The Balaban J connectivity index is 1.73. The van der Waals surface area contributed by atoms with Crippen molar-refractivity contribution in [2.45, 2.75) is 13.1 Å². The van der Waals surface area contributed by atoms with Crippen LogP contribution < -0.4 is 0 Å². The van der Waals surface area contributed by atoms with E-state index in [1.54, 1.807) is 0 Å². The predicted octanol–water partition coefficient (Wildman–Crippen LogP) is 3.84. The molecule has 1 aliphatic rings. The van der Waals surface area contributed by atoms with Gasteiger partial charge in [-0.25, -0.2) is 4.79 Å². The van der Waals surface area contributed by atoms with Gasteiger partial charge in [-0.15, -0.1) is 0 Å². The third kappa shape index (κ3) is 4.17. The molecule has 2 aromatic carbocycles. The van der Waals surface area contributed by atoms with Crippen molar-refractivity contribution in [1.29, 1.82) is 0 Å². The number of aliphatic imine (C=N–C) groups is 1. The van der Waals surface area contributed by atoms with Gasteiger partial charge >= 0.3 is 6.03 Å². The number of carbonyl (C=O) groups is 1. The Morgan fingerprint density at radius 3 is 1.92 bits per heavy atom. The average Bonchev–Trinajstić information content (AvgIpc) is 2.77. The van der Waals surface area contributed by atoms with Gasteiger partial charge < -0.3 is 9.80 Å². The summed E-state index contributed by atoms with van der Waals surface area (Å²) < 4.78 is 0. The molecule has 124 valence electrons. The van der Waals surface area contributed by atoms with Crippen LogP contribution in [0.1, 0.15) is 11.1 Å². The molecule has 2 amide bonds. The zero-order valence-electron chi connectivity index (χ0n) is 13.8. The van der Waals surface area contributed by atoms with Crippen molar-refractivity contribution in [2.75, 3.05) is 19.3 Å². The van der Waals surface area contributed by atoms with E-state index >= 15 is 0 Å². The molecule has 0 saturated carbocycles. The third-order valence-corrected chi connectivity index (χ3v) is 4.70. The maximum absolute atomic E-state index is 12.5. The van der Waals surface area contributed by atoms with Crippen LogP contribution in [-0.2, 0) is 13.1 Å². The molecule has 0 N–H and O–H groups in total. The topological polar surface area (TPSA) is 35.9 Å². The Labute approximate surface area is 147 Å². The molecule has 1 aliphatic heterocycles. The van der Waals surface area contributed by atoms with Crippen LogP contribution in [0.4, 0.5) is 4.79 Å². The highest BCUT2D eigenvalue weighted by Gasteiger charge is 2.22. The van der Waals surface area contributed by atoms with E-state index in [9.17, 15) is 4.79 Å². The maximum atomic E-state index is 12.5. The van der Waals surface area contributed by atoms with Crippen molar-refractivity contribution >= 4 is 23.0 Å². The van der Waals surface area contributed by atoms with Crippen LogP contribution in [0.5, 0.6) is 0 Å². The highest BCUT2D eigenvalue weighted by molar-refractivity contribution is 8.13. The zero-order valence-corrected chi connectivity index (χ0v) is 14.6. The van der Waals surface area contributed by atoms with E-state index in [1.807, 2.05) is 59.7 Å². The van der Waals surface area contributed by atoms with E-state index < -0.39 is 0 Å². The van der Waals surface area contributed by atoms with Gasteiger partial charge in [0, 0.05) is 26.2 Å². The van der Waals surface area contributed by atoms with Gasteiger partial charge in [-0.1, -0.05) is 72.4 Å². The molecular formula is C19H21N3OS. The van der Waals surface area contributed by atoms with Crippen LogP contribution in [0, 0.1) is 0 Å². The summed E-state index contributed by atoms with van der Waals surface area (Å²) in [7, 11) is 0. The molecule has 4 nitrogen and oxygen atoms in total. The molecule has 0 aromatic heterocycles. The first-order valence-corrected chi connectivity index (χ1v) is 9.23. The van der Waals surface area contributed by atoms with Crippen molar-refractivity contribution in [1.82, 2.24) is 9.80 Å². The Bertz CT molecular complexity index is 703. The molecule has 2 aromatic rings. The van der Waals surface area contributed by atoms with Crippen molar-refractivity contribution in [2.24, 2.45) is 4.99 Å². The second-order valence-corrected chi connectivity index (χ2v) is 6.47. The molecule has 24 heavy (non-hydrogen) atoms. The quantitative estimate of drug-likeness (QED) is 0.849. The zero-order chi connectivity index (χ0) is 16.8. The summed E-state index contributed by atoms with van der Waals surface area (Å²) in [6.07, 6.45) is 1.97. The highest BCUT2D eigenvalue weighted by Crippen LogP contribution is 2.16. The van der Waals surface area contributed by atoms with Crippen LogP contribution in [0.25, 0.3) is 0 Å². The van der Waals surface area contributed by atoms with Crippen LogP contribution >= 0.6 is 11.8 Å². The highest BCUT2D eigenvalue weighted by atomic mass is 32.2. The maximum Gasteiger partial charge on any atom is 0.346 e. The summed E-state index contributed by atoms with van der Waals surface area (Å²) in [6.45, 7) is 2.83. The number of hydrogen-bond donors (Lipinski definition) is 0. The van der Waals surface area contributed by atoms with E-state index in [0.29, 0.717) is 13.1 Å². The fraction of sp³-hybridized carbons (Fsp3) is 0.263. The molecule has 0 radical (unpaired) electrons. The Morgan fingerprint density at radius 1 is 0.875 bits per heavy atom. The first-order chi connectivity index (χ1) is 11.8. The summed E-state index contributed by atoms with van der Waals surface area (Å²) in [5, 5.41) is 0.791. The van der Waals surface area contributed by atoms with Crippen molar-refractivity contribution in [3.63, 3.8) is 0 Å². The van der Waals surface area contributed by atoms with Gasteiger partial charge in [0.05, 0.1) is 0 Å². The van der Waals surface area contributed by atoms with Gasteiger partial charge in [0.2, 0.25) is 0 Å². The molecular weight excluding hydrogens is 318 g/mol. The molecule has 0 fully saturated rings. The lowest BCUT2D eigenvalue weighted by atomic mass is 10.2. The summed E-state index contributed by atoms with van der Waals surface area (Å²) in [6, 6.07) is 20.2. The lowest BCUT2D eigenvalue weighted by Crippen LogP contribution is -2.34. The Kier molecular flexibility index (Phi) is 5.54. The number of nitrogens with zero attached hydrogens (tertiary/aromatic N) is 3. The van der Waals surface area contributed by atoms with Crippen molar-refractivity contribution < 1.29 is 4.79 Å². The summed E-state index contributed by atoms with van der Waals surface area (Å²) in [4.78, 5) is 20.8. The van der Waals surface area contributed by atoms with E-state index in [0.717, 1.165) is 23.8 Å². The summed E-state index contributed by atoms with van der Waals surface area (Å²) in [5.74, 6) is 0. The Hall–Kier alpha value is -2.27. The number of hydrogen-bond acceptors (Lipinski definition) is 3. The van der Waals surface area contributed by atoms with E-state index in [-0.39, 0.29) is 6.03 Å². The monoisotopic (exact) mass is 339 g/mol. The number of amides is 2. The van der Waals surface area contributed by atoms with Crippen LogP contribution in [-0.4, -0.2) is 40.3 Å². The molecule has 0 saturated heterocycles. The molecule has 0 aliphatic carbocycles. The number of benzene rings is 2. The van der Waals surface area contributed by atoms with Gasteiger partial charge in [0.25, 0.3) is 0 Å². The van der Waals surface area contributed by atoms with Crippen LogP contribution in [0.2, 0.25) is 0 Å². The summed E-state index contributed by atoms with van der Waals surface area (Å²) in [5.41, 5.74) is 2.35. The molecule has 5 heteroatoms. The van der Waals surface area contributed by atoms with Gasteiger partial charge in [0.15, 0.2) is 5.17 Å². The van der Waals surface area contributed by atoms with Gasteiger partial charge in [-0.3, -0.25) is 0 Å². The second-order valence-electron chi connectivity index (χ2n) is 5.70. The molecule has 0 bridgehead atoms. The molecule has 0 atom stereocenters. The number of rotatable bonds is 4. The standard InChI is InChI=1S/C19H21N3OS/c1-24-19-20-18(23)21(14-16-8-4-2-5-9-16)12-13-22(19)15-17-10-6-3-7-11-17/h2-11H,12-15H2,1H3. The minimum Gasteiger partial charge on any atom is -0.345 e. The number of thioether (sulfide) groups is 1. The average molecular weight is 339 g/mol. The van der Waals surface area contributed by atoms with E-state index in [4.69, 9.17) is 0 Å². The molecule has 3 rings (SSSR count). The predicted molar refractivity (Wildman–Crippen MR) is 100 cm³/mol. The van der Waals surface area contributed by atoms with Gasteiger partial charge in [0.1, 0.15) is 0 Å². The van der Waals surface area contributed by atoms with E-state index in [1.165, 1.54) is 17.3 Å². The van der Waals surface area contributed by atoms with E-state index in [2.05, 4.69) is 22.0 Å². The summed E-state index contributed by atoms with van der Waals surface area (Å²) >= 11 is 1.53. The fourth-order valence-corrected chi connectivity index (χ4v) is 3.32. The number of amidine groups is 1. The first-order valence-electron chi connectivity index (χ1n) is 8.00. The van der Waals surface area contributed by atoms with Crippen molar-refractivity contribution in [3.05, 3.63) is 71.8 Å². The molecule has 0 spiro atoms. The van der Waals surface area contributed by atoms with Gasteiger partial charge in [-0.05, 0) is 17.4 Å². The van der Waals surface area contributed by atoms with Crippen LogP contribution in [0.15, 0.2) is 65.7 Å². The number of urea groups is 1. The number of carbonyl (C=O) groups excluding carboxylic acids is 1. The minimum atomic E-state index is -0.154. The second kappa shape index (κ2) is 8.02.